The Balaban J connectivity index is 2.20. The third-order valence-electron chi connectivity index (χ3n) is 2.23. The normalized spacial score (nSPS) is 10.2. The van der Waals surface area contributed by atoms with Crippen LogP contribution in [0, 0.1) is 5.82 Å². The second kappa shape index (κ2) is 5.49. The molecule has 2 rings (SSSR count). The lowest BCUT2D eigenvalue weighted by atomic mass is 10.3. The minimum absolute atomic E-state index is 0.0954. The summed E-state index contributed by atoms with van der Waals surface area (Å²) >= 11 is 4.61. The predicted molar refractivity (Wildman–Crippen MR) is 72.9 cm³/mol. The number of carbonyl (C=O) groups is 1. The van der Waals surface area contributed by atoms with Gasteiger partial charge in [0.25, 0.3) is 5.91 Å². The number of amides is 1. The lowest BCUT2D eigenvalue weighted by Gasteiger charge is -2.07. The van der Waals surface area contributed by atoms with Crippen LogP contribution >= 0.6 is 27.3 Å². The van der Waals surface area contributed by atoms with Crippen molar-refractivity contribution in [3.8, 4) is 5.75 Å². The van der Waals surface area contributed by atoms with Crippen LogP contribution in [-0.2, 0) is 0 Å². The Kier molecular flexibility index (Phi) is 3.98. The van der Waals surface area contributed by atoms with E-state index in [9.17, 15) is 9.18 Å². The molecule has 1 aromatic heterocycles. The van der Waals surface area contributed by atoms with E-state index in [4.69, 9.17) is 4.74 Å². The molecule has 18 heavy (non-hydrogen) atoms. The number of rotatable bonds is 3. The van der Waals surface area contributed by atoms with E-state index in [1.54, 1.807) is 6.07 Å². The third-order valence-corrected chi connectivity index (χ3v) is 4.07. The Bertz CT molecular complexity index is 585. The average Bonchev–Trinajstić information content (AvgIpc) is 2.78. The van der Waals surface area contributed by atoms with E-state index >= 15 is 0 Å². The van der Waals surface area contributed by atoms with Gasteiger partial charge in [-0.1, -0.05) is 0 Å². The van der Waals surface area contributed by atoms with Crippen LogP contribution in [0.5, 0.6) is 5.75 Å². The Labute approximate surface area is 116 Å². The summed E-state index contributed by atoms with van der Waals surface area (Å²) in [6, 6.07) is 5.97. The molecule has 0 saturated carbocycles. The number of hydrogen-bond donors (Lipinski definition) is 1. The van der Waals surface area contributed by atoms with E-state index < -0.39 is 5.82 Å². The fourth-order valence-corrected chi connectivity index (χ4v) is 2.83. The smallest absolute Gasteiger partial charge is 0.266 e. The highest BCUT2D eigenvalue weighted by atomic mass is 79.9. The molecular weight excluding hydrogens is 321 g/mol. The van der Waals surface area contributed by atoms with E-state index in [0.29, 0.717) is 10.6 Å². The van der Waals surface area contributed by atoms with Crippen molar-refractivity contribution in [1.82, 2.24) is 0 Å². The first-order valence-electron chi connectivity index (χ1n) is 4.99. The number of thiophene rings is 1. The maximum Gasteiger partial charge on any atom is 0.266 e. The number of nitrogens with one attached hydrogen (secondary N) is 1. The van der Waals surface area contributed by atoms with Crippen LogP contribution in [0.4, 0.5) is 10.1 Å². The Hall–Kier alpha value is -1.40. The Morgan fingerprint density at radius 1 is 1.44 bits per heavy atom. The van der Waals surface area contributed by atoms with E-state index in [0.717, 1.165) is 4.47 Å². The first kappa shape index (κ1) is 13.0. The van der Waals surface area contributed by atoms with Crippen LogP contribution in [0.15, 0.2) is 34.1 Å². The number of halogens is 2. The summed E-state index contributed by atoms with van der Waals surface area (Å²) in [6.07, 6.45) is 0. The van der Waals surface area contributed by atoms with Crippen molar-refractivity contribution in [1.29, 1.82) is 0 Å². The summed E-state index contributed by atoms with van der Waals surface area (Å²) < 4.78 is 18.8. The molecule has 0 radical (unpaired) electrons. The topological polar surface area (TPSA) is 38.3 Å². The molecule has 2 aromatic rings. The number of anilines is 1. The molecule has 0 saturated heterocycles. The summed E-state index contributed by atoms with van der Waals surface area (Å²) in [6.45, 7) is 0. The van der Waals surface area contributed by atoms with Gasteiger partial charge in [-0.05, 0) is 39.5 Å². The van der Waals surface area contributed by atoms with Crippen molar-refractivity contribution >= 4 is 38.9 Å². The van der Waals surface area contributed by atoms with Crippen molar-refractivity contribution in [2.45, 2.75) is 0 Å². The number of benzene rings is 1. The second-order valence-electron chi connectivity index (χ2n) is 3.40. The number of hydrogen-bond acceptors (Lipinski definition) is 3. The highest BCUT2D eigenvalue weighted by Crippen LogP contribution is 2.25. The van der Waals surface area contributed by atoms with E-state index in [1.165, 1.54) is 36.6 Å². The Morgan fingerprint density at radius 3 is 2.83 bits per heavy atom. The van der Waals surface area contributed by atoms with Gasteiger partial charge in [-0.2, -0.15) is 0 Å². The highest BCUT2D eigenvalue weighted by molar-refractivity contribution is 9.10. The van der Waals surface area contributed by atoms with Crippen LogP contribution in [0.1, 0.15) is 9.67 Å². The minimum Gasteiger partial charge on any atom is -0.494 e. The van der Waals surface area contributed by atoms with Gasteiger partial charge < -0.3 is 10.1 Å². The number of carbonyl (C=O) groups excluding carboxylic acids is 1. The summed E-state index contributed by atoms with van der Waals surface area (Å²) in [7, 11) is 1.37. The molecule has 3 nitrogen and oxygen atoms in total. The van der Waals surface area contributed by atoms with E-state index in [1.807, 2.05) is 5.38 Å². The SMILES string of the molecule is COc1cc(NC(=O)c2sccc2Br)ccc1F. The van der Waals surface area contributed by atoms with Crippen molar-refractivity contribution in [3.63, 3.8) is 0 Å². The minimum atomic E-state index is -0.465. The zero-order chi connectivity index (χ0) is 13.1. The molecule has 0 bridgehead atoms. The zero-order valence-corrected chi connectivity index (χ0v) is 11.8. The molecule has 0 aliphatic rings. The fourth-order valence-electron chi connectivity index (χ4n) is 1.38. The fraction of sp³-hybridized carbons (Fsp3) is 0.0833. The molecule has 1 N–H and O–H groups in total. The molecule has 6 heteroatoms. The van der Waals surface area contributed by atoms with Crippen LogP contribution in [0.25, 0.3) is 0 Å². The summed E-state index contributed by atoms with van der Waals surface area (Å²) in [5, 5.41) is 4.49. The molecule has 0 atom stereocenters. The van der Waals surface area contributed by atoms with Crippen molar-refractivity contribution in [2.24, 2.45) is 0 Å². The van der Waals surface area contributed by atoms with Crippen molar-refractivity contribution in [2.75, 3.05) is 12.4 Å². The lowest BCUT2D eigenvalue weighted by molar-refractivity contribution is 0.103. The van der Waals surface area contributed by atoms with Crippen LogP contribution < -0.4 is 10.1 Å². The van der Waals surface area contributed by atoms with Crippen molar-refractivity contribution < 1.29 is 13.9 Å². The lowest BCUT2D eigenvalue weighted by Crippen LogP contribution is -2.10. The molecule has 0 fully saturated rings. The third kappa shape index (κ3) is 2.70. The monoisotopic (exact) mass is 329 g/mol. The van der Waals surface area contributed by atoms with Gasteiger partial charge in [-0.15, -0.1) is 11.3 Å². The van der Waals surface area contributed by atoms with Crippen LogP contribution in [0.2, 0.25) is 0 Å². The highest BCUT2D eigenvalue weighted by Gasteiger charge is 2.12. The van der Waals surface area contributed by atoms with Gasteiger partial charge in [0.05, 0.1) is 7.11 Å². The van der Waals surface area contributed by atoms with Crippen molar-refractivity contribution in [3.05, 3.63) is 44.8 Å². The van der Waals surface area contributed by atoms with Gasteiger partial charge >= 0.3 is 0 Å². The van der Waals surface area contributed by atoms with Gasteiger partial charge in [0.2, 0.25) is 0 Å². The molecule has 0 aliphatic carbocycles. The first-order valence-corrected chi connectivity index (χ1v) is 6.67. The van der Waals surface area contributed by atoms with Gasteiger partial charge in [-0.3, -0.25) is 4.79 Å². The molecule has 1 aromatic carbocycles. The molecule has 1 heterocycles. The summed E-state index contributed by atoms with van der Waals surface area (Å²) in [5.74, 6) is -0.614. The van der Waals surface area contributed by atoms with Gasteiger partial charge in [-0.25, -0.2) is 4.39 Å². The number of ether oxygens (including phenoxy) is 1. The molecule has 0 unspecified atom stereocenters. The van der Waals surface area contributed by atoms with Gasteiger partial charge in [0.15, 0.2) is 11.6 Å². The standard InChI is InChI=1S/C12H9BrFNO2S/c1-17-10-6-7(2-3-9(10)14)15-12(16)11-8(13)4-5-18-11/h2-6H,1H3,(H,15,16). The molecule has 94 valence electrons. The first-order chi connectivity index (χ1) is 8.61. The summed E-state index contributed by atoms with van der Waals surface area (Å²) in [4.78, 5) is 12.5. The van der Waals surface area contributed by atoms with E-state index in [-0.39, 0.29) is 11.7 Å². The molecule has 0 spiro atoms. The maximum absolute atomic E-state index is 13.2. The molecular formula is C12H9BrFNO2S. The number of methoxy groups -OCH3 is 1. The largest absolute Gasteiger partial charge is 0.494 e. The van der Waals surface area contributed by atoms with E-state index in [2.05, 4.69) is 21.2 Å². The van der Waals surface area contributed by atoms with Crippen LogP contribution in [-0.4, -0.2) is 13.0 Å². The van der Waals surface area contributed by atoms with Gasteiger partial charge in [0.1, 0.15) is 4.88 Å². The zero-order valence-electron chi connectivity index (χ0n) is 9.37. The molecule has 1 amide bonds. The Morgan fingerprint density at radius 2 is 2.22 bits per heavy atom. The van der Waals surface area contributed by atoms with Crippen LogP contribution in [0.3, 0.4) is 0 Å². The summed E-state index contributed by atoms with van der Waals surface area (Å²) in [5.41, 5.74) is 0.485. The predicted octanol–water partition coefficient (Wildman–Crippen LogP) is 3.91. The average molecular weight is 330 g/mol. The molecule has 0 aliphatic heterocycles. The quantitative estimate of drug-likeness (QED) is 0.927. The second-order valence-corrected chi connectivity index (χ2v) is 5.17. The maximum atomic E-state index is 13.2. The van der Waals surface area contributed by atoms with Gasteiger partial charge in [0, 0.05) is 16.2 Å².